The number of aromatic nitrogens is 2. The van der Waals surface area contributed by atoms with Crippen molar-refractivity contribution in [3.8, 4) is 51.8 Å². The summed E-state index contributed by atoms with van der Waals surface area (Å²) in [5, 5.41) is 33.3. The zero-order valence-corrected chi connectivity index (χ0v) is 26.9. The van der Waals surface area contributed by atoms with Crippen LogP contribution in [0.15, 0.2) is 133 Å². The van der Waals surface area contributed by atoms with Gasteiger partial charge in [0, 0.05) is 27.4 Å². The molecule has 8 aromatic rings. The molecular formula is C45H27N5. The second-order valence-electron chi connectivity index (χ2n) is 12.6. The molecule has 232 valence electrons. The first-order valence-corrected chi connectivity index (χ1v) is 16.6. The lowest BCUT2D eigenvalue weighted by atomic mass is 9.96. The van der Waals surface area contributed by atoms with Crippen LogP contribution in [0.3, 0.4) is 0 Å². The number of hydrogen-bond acceptors (Lipinski definition) is 3. The van der Waals surface area contributed by atoms with Crippen LogP contribution in [0.25, 0.3) is 72.4 Å². The predicted molar refractivity (Wildman–Crippen MR) is 200 cm³/mol. The Morgan fingerprint density at radius 3 is 1.94 bits per heavy atom. The fourth-order valence-electron chi connectivity index (χ4n) is 7.63. The number of aryl methyl sites for hydroxylation is 1. The van der Waals surface area contributed by atoms with E-state index in [-0.39, 0.29) is 0 Å². The third-order valence-electron chi connectivity index (χ3n) is 9.89. The molecule has 6 aromatic carbocycles. The van der Waals surface area contributed by atoms with Crippen molar-refractivity contribution in [2.75, 3.05) is 0 Å². The third kappa shape index (κ3) is 4.45. The first kappa shape index (κ1) is 29.0. The maximum absolute atomic E-state index is 10.3. The molecule has 0 spiro atoms. The predicted octanol–water partition coefficient (Wildman–Crippen LogP) is 10.6. The molecule has 0 saturated carbocycles. The molecule has 1 aliphatic carbocycles. The molecule has 50 heavy (non-hydrogen) atoms. The van der Waals surface area contributed by atoms with Gasteiger partial charge in [-0.05, 0) is 102 Å². The Labute approximate surface area is 289 Å². The Bertz CT molecular complexity index is 2810. The highest BCUT2D eigenvalue weighted by Crippen LogP contribution is 2.40. The molecule has 0 unspecified atom stereocenters. The molecule has 5 nitrogen and oxygen atoms in total. The van der Waals surface area contributed by atoms with Crippen LogP contribution in [0, 0.1) is 34.0 Å². The van der Waals surface area contributed by atoms with Crippen molar-refractivity contribution in [3.63, 3.8) is 0 Å². The molecule has 9 rings (SSSR count). The van der Waals surface area contributed by atoms with Crippen molar-refractivity contribution < 1.29 is 0 Å². The van der Waals surface area contributed by atoms with Crippen LogP contribution in [0.2, 0.25) is 0 Å². The summed E-state index contributed by atoms with van der Waals surface area (Å²) in [6.45, 7) is 0. The highest BCUT2D eigenvalue weighted by atomic mass is 15.0. The highest BCUT2D eigenvalue weighted by Gasteiger charge is 2.22. The quantitative estimate of drug-likeness (QED) is 0.193. The average molecular weight is 638 g/mol. The number of hydrogen-bond donors (Lipinski definition) is 0. The van der Waals surface area contributed by atoms with Gasteiger partial charge in [-0.3, -0.25) is 0 Å². The van der Waals surface area contributed by atoms with E-state index in [1.165, 1.54) is 5.56 Å². The number of nitriles is 3. The Morgan fingerprint density at radius 2 is 1.18 bits per heavy atom. The van der Waals surface area contributed by atoms with E-state index >= 15 is 0 Å². The fraction of sp³-hybridized carbons (Fsp3) is 0.0444. The number of rotatable bonds is 4. The molecule has 5 heteroatoms. The first-order chi connectivity index (χ1) is 24.7. The van der Waals surface area contributed by atoms with Gasteiger partial charge in [-0.15, -0.1) is 0 Å². The van der Waals surface area contributed by atoms with Gasteiger partial charge in [0.15, 0.2) is 0 Å². The summed E-state index contributed by atoms with van der Waals surface area (Å²) in [6, 6.07) is 50.0. The van der Waals surface area contributed by atoms with Gasteiger partial charge in [-0.2, -0.15) is 15.8 Å². The summed E-state index contributed by atoms with van der Waals surface area (Å²) in [5.74, 6) is 0. The minimum absolute atomic E-state index is 0.576. The van der Waals surface area contributed by atoms with Crippen molar-refractivity contribution >= 4 is 38.8 Å². The molecule has 0 aliphatic heterocycles. The lowest BCUT2D eigenvalue weighted by molar-refractivity contribution is 0.968. The van der Waals surface area contributed by atoms with Gasteiger partial charge in [-0.1, -0.05) is 72.8 Å². The Morgan fingerprint density at radius 1 is 0.500 bits per heavy atom. The van der Waals surface area contributed by atoms with Gasteiger partial charge in [0.2, 0.25) is 0 Å². The van der Waals surface area contributed by atoms with Crippen LogP contribution in [0.4, 0.5) is 0 Å². The first-order valence-electron chi connectivity index (χ1n) is 16.6. The zero-order chi connectivity index (χ0) is 33.8. The molecular weight excluding hydrogens is 611 g/mol. The van der Waals surface area contributed by atoms with E-state index in [0.717, 1.165) is 84.9 Å². The number of fused-ring (bicyclic) bond motifs is 6. The Kier molecular flexibility index (Phi) is 6.70. The summed E-state index contributed by atoms with van der Waals surface area (Å²) in [4.78, 5) is 0. The van der Waals surface area contributed by atoms with Gasteiger partial charge in [0.05, 0.1) is 56.8 Å². The summed E-state index contributed by atoms with van der Waals surface area (Å²) in [6.07, 6.45) is 6.19. The maximum Gasteiger partial charge on any atom is 0.101 e. The van der Waals surface area contributed by atoms with Crippen molar-refractivity contribution in [2.45, 2.75) is 12.8 Å². The second kappa shape index (κ2) is 11.5. The minimum atomic E-state index is 0.576. The number of nitrogens with zero attached hydrogens (tertiary/aromatic N) is 5. The number of allylic oxidation sites excluding steroid dienone is 1. The zero-order valence-electron chi connectivity index (χ0n) is 26.9. The fourth-order valence-corrected chi connectivity index (χ4v) is 7.63. The molecule has 2 aromatic heterocycles. The topological polar surface area (TPSA) is 81.2 Å². The van der Waals surface area contributed by atoms with Gasteiger partial charge in [0.25, 0.3) is 0 Å². The van der Waals surface area contributed by atoms with Crippen molar-refractivity contribution in [1.82, 2.24) is 9.13 Å². The molecule has 0 atom stereocenters. The molecule has 0 N–H and O–H groups in total. The SMILES string of the molecule is N#Cc1ccc(-c2cccc(-c3ccc(C#N)c(-n4c5ccccc5c5ccccc54)c3)c2)c(-n2c3c(c4cc(C#N)ccc42)CCC=C3)c1. The van der Waals surface area contributed by atoms with Crippen LogP contribution in [0.1, 0.15) is 34.4 Å². The van der Waals surface area contributed by atoms with Crippen LogP contribution >= 0.6 is 0 Å². The van der Waals surface area contributed by atoms with Crippen molar-refractivity contribution in [2.24, 2.45) is 0 Å². The average Bonchev–Trinajstić information content (AvgIpc) is 3.70. The van der Waals surface area contributed by atoms with Crippen molar-refractivity contribution in [3.05, 3.63) is 161 Å². The molecule has 2 heterocycles. The number of para-hydroxylation sites is 2. The standard InChI is InChI=1S/C45H27N5/c46-26-29-17-21-43-39(22-29)38-12-3-6-15-42(38)50(43)45-23-30(27-47)16-20-35(45)33-9-7-8-31(24-33)32-18-19-34(28-48)44(25-32)49-40-13-4-1-10-36(40)37-11-2-5-14-41(37)49/h1-2,4-11,13-25H,3,12H2. The van der Waals surface area contributed by atoms with Gasteiger partial charge in [0.1, 0.15) is 6.07 Å². The largest absolute Gasteiger partial charge is 0.309 e. The van der Waals surface area contributed by atoms with E-state index in [0.29, 0.717) is 16.7 Å². The lowest BCUT2D eigenvalue weighted by Crippen LogP contribution is -2.03. The van der Waals surface area contributed by atoms with E-state index in [4.69, 9.17) is 0 Å². The summed E-state index contributed by atoms with van der Waals surface area (Å²) in [7, 11) is 0. The minimum Gasteiger partial charge on any atom is -0.309 e. The van der Waals surface area contributed by atoms with Crippen LogP contribution < -0.4 is 0 Å². The molecule has 1 aliphatic rings. The Hall–Kier alpha value is -7.13. The molecule has 0 fully saturated rings. The van der Waals surface area contributed by atoms with E-state index in [9.17, 15) is 15.8 Å². The second-order valence-corrected chi connectivity index (χ2v) is 12.6. The number of benzene rings is 6. The van der Waals surface area contributed by atoms with Crippen LogP contribution in [0.5, 0.6) is 0 Å². The van der Waals surface area contributed by atoms with E-state index in [2.05, 4.69) is 106 Å². The van der Waals surface area contributed by atoms with Gasteiger partial charge in [-0.25, -0.2) is 0 Å². The highest BCUT2D eigenvalue weighted by molar-refractivity contribution is 6.09. The Balaban J connectivity index is 1.24. The van der Waals surface area contributed by atoms with Crippen molar-refractivity contribution in [1.29, 1.82) is 15.8 Å². The van der Waals surface area contributed by atoms with E-state index in [1.54, 1.807) is 0 Å². The smallest absolute Gasteiger partial charge is 0.101 e. The van der Waals surface area contributed by atoms with Gasteiger partial charge >= 0.3 is 0 Å². The normalized spacial score (nSPS) is 12.1. The van der Waals surface area contributed by atoms with Crippen LogP contribution in [-0.2, 0) is 6.42 Å². The molecule has 0 amide bonds. The molecule has 0 radical (unpaired) electrons. The molecule has 0 bridgehead atoms. The van der Waals surface area contributed by atoms with Gasteiger partial charge < -0.3 is 9.13 Å². The molecule has 0 saturated heterocycles. The summed E-state index contributed by atoms with van der Waals surface area (Å²) in [5.41, 5.74) is 13.0. The monoisotopic (exact) mass is 637 g/mol. The summed E-state index contributed by atoms with van der Waals surface area (Å²) < 4.78 is 4.44. The maximum atomic E-state index is 10.3. The third-order valence-corrected chi connectivity index (χ3v) is 9.89. The van der Waals surface area contributed by atoms with E-state index < -0.39 is 0 Å². The lowest BCUT2D eigenvalue weighted by Gasteiger charge is -2.17. The summed E-state index contributed by atoms with van der Waals surface area (Å²) >= 11 is 0. The van der Waals surface area contributed by atoms with E-state index in [1.807, 2.05) is 60.7 Å². The van der Waals surface area contributed by atoms with Crippen LogP contribution in [-0.4, -0.2) is 9.13 Å².